The first-order valence-corrected chi connectivity index (χ1v) is 34.7. The SMILES string of the molecule is CC/C=C\C/C=C\C/C=C\C/C=C\C/C=C\CCCCCCCCCCCCCCCCCCCCCC(=O)OCC(COC(=O)CCCCCCCCC)OC(=O)CCCCCCCC/C=C\C/C=C\C/C=C\CCCCCCC. The Morgan fingerprint density at radius 3 is 0.753 bits per heavy atom. The van der Waals surface area contributed by atoms with Gasteiger partial charge in [-0.2, -0.15) is 0 Å². The molecule has 0 saturated heterocycles. The summed E-state index contributed by atoms with van der Waals surface area (Å²) in [5.41, 5.74) is 0. The van der Waals surface area contributed by atoms with E-state index in [1.165, 1.54) is 186 Å². The minimum absolute atomic E-state index is 0.0784. The van der Waals surface area contributed by atoms with Crippen molar-refractivity contribution >= 4 is 17.9 Å². The summed E-state index contributed by atoms with van der Waals surface area (Å²) in [5, 5.41) is 0. The number of rotatable bonds is 63. The molecule has 0 aliphatic carbocycles. The molecule has 6 heteroatoms. The molecule has 0 aliphatic rings. The minimum Gasteiger partial charge on any atom is -0.462 e. The number of allylic oxidation sites excluding steroid dienone is 16. The Kier molecular flexibility index (Phi) is 65.7. The summed E-state index contributed by atoms with van der Waals surface area (Å²) < 4.78 is 16.9. The molecule has 1 atom stereocenters. The molecule has 0 fully saturated rings. The van der Waals surface area contributed by atoms with Crippen LogP contribution in [0.5, 0.6) is 0 Å². The van der Waals surface area contributed by atoms with Crippen molar-refractivity contribution in [2.75, 3.05) is 13.2 Å². The van der Waals surface area contributed by atoms with Crippen LogP contribution in [-0.2, 0) is 28.6 Å². The highest BCUT2D eigenvalue weighted by Gasteiger charge is 2.19. The van der Waals surface area contributed by atoms with Crippen molar-refractivity contribution in [3.05, 3.63) is 97.2 Å². The van der Waals surface area contributed by atoms with Crippen LogP contribution in [0.1, 0.15) is 342 Å². The first-order valence-electron chi connectivity index (χ1n) is 34.7. The van der Waals surface area contributed by atoms with E-state index in [0.717, 1.165) is 116 Å². The van der Waals surface area contributed by atoms with Gasteiger partial charge in [0.15, 0.2) is 6.10 Å². The van der Waals surface area contributed by atoms with Gasteiger partial charge in [0.05, 0.1) is 0 Å². The van der Waals surface area contributed by atoms with E-state index in [4.69, 9.17) is 14.2 Å². The van der Waals surface area contributed by atoms with Crippen molar-refractivity contribution < 1.29 is 28.6 Å². The average molecular weight is 1130 g/mol. The maximum Gasteiger partial charge on any atom is 0.306 e. The second kappa shape index (κ2) is 68.8. The monoisotopic (exact) mass is 1130 g/mol. The molecule has 0 aromatic heterocycles. The molecule has 0 amide bonds. The minimum atomic E-state index is -0.780. The van der Waals surface area contributed by atoms with Crippen LogP contribution in [0, 0.1) is 0 Å². The van der Waals surface area contributed by atoms with Gasteiger partial charge in [0.25, 0.3) is 0 Å². The van der Waals surface area contributed by atoms with Crippen LogP contribution in [0.25, 0.3) is 0 Å². The smallest absolute Gasteiger partial charge is 0.306 e. The maximum absolute atomic E-state index is 12.9. The fourth-order valence-electron chi connectivity index (χ4n) is 9.89. The van der Waals surface area contributed by atoms with Crippen LogP contribution in [0.2, 0.25) is 0 Å². The van der Waals surface area contributed by atoms with Crippen molar-refractivity contribution in [1.82, 2.24) is 0 Å². The van der Waals surface area contributed by atoms with Gasteiger partial charge in [-0.05, 0) is 103 Å². The molecule has 0 spiro atoms. The van der Waals surface area contributed by atoms with E-state index in [2.05, 4.69) is 118 Å². The summed E-state index contributed by atoms with van der Waals surface area (Å²) in [6, 6.07) is 0. The van der Waals surface area contributed by atoms with E-state index in [1.54, 1.807) is 0 Å². The molecule has 0 N–H and O–H groups in total. The topological polar surface area (TPSA) is 78.9 Å². The fourth-order valence-corrected chi connectivity index (χ4v) is 9.89. The zero-order chi connectivity index (χ0) is 58.5. The fraction of sp³-hybridized carbons (Fsp3) is 0.747. The Labute approximate surface area is 502 Å². The van der Waals surface area contributed by atoms with Gasteiger partial charge in [-0.25, -0.2) is 0 Å². The molecule has 0 aromatic carbocycles. The molecule has 81 heavy (non-hydrogen) atoms. The van der Waals surface area contributed by atoms with Crippen LogP contribution >= 0.6 is 0 Å². The zero-order valence-corrected chi connectivity index (χ0v) is 53.5. The van der Waals surface area contributed by atoms with Crippen molar-refractivity contribution in [3.63, 3.8) is 0 Å². The molecule has 1 unspecified atom stereocenters. The Hall–Kier alpha value is -3.67. The molecule has 0 aromatic rings. The van der Waals surface area contributed by atoms with Crippen LogP contribution < -0.4 is 0 Å². The Bertz CT molecular complexity index is 1580. The highest BCUT2D eigenvalue weighted by molar-refractivity contribution is 5.71. The van der Waals surface area contributed by atoms with Gasteiger partial charge < -0.3 is 14.2 Å². The lowest BCUT2D eigenvalue weighted by atomic mass is 10.0. The first-order chi connectivity index (χ1) is 40.0. The highest BCUT2D eigenvalue weighted by Crippen LogP contribution is 2.17. The summed E-state index contributed by atoms with van der Waals surface area (Å²) in [7, 11) is 0. The second-order valence-corrected chi connectivity index (χ2v) is 23.1. The summed E-state index contributed by atoms with van der Waals surface area (Å²) >= 11 is 0. The van der Waals surface area contributed by atoms with E-state index < -0.39 is 6.10 Å². The Morgan fingerprint density at radius 1 is 0.259 bits per heavy atom. The first kappa shape index (κ1) is 77.3. The van der Waals surface area contributed by atoms with Gasteiger partial charge in [0.2, 0.25) is 0 Å². The third-order valence-electron chi connectivity index (χ3n) is 15.1. The van der Waals surface area contributed by atoms with E-state index in [0.29, 0.717) is 19.3 Å². The molecule has 0 heterocycles. The van der Waals surface area contributed by atoms with Gasteiger partial charge in [0, 0.05) is 19.3 Å². The number of ether oxygens (including phenoxy) is 3. The van der Waals surface area contributed by atoms with E-state index in [-0.39, 0.29) is 31.1 Å². The summed E-state index contributed by atoms with van der Waals surface area (Å²) in [6.45, 7) is 6.49. The average Bonchev–Trinajstić information content (AvgIpc) is 3.47. The van der Waals surface area contributed by atoms with Crippen LogP contribution in [0.15, 0.2) is 97.2 Å². The van der Waals surface area contributed by atoms with Crippen molar-refractivity contribution in [3.8, 4) is 0 Å². The molecule has 0 rings (SSSR count). The van der Waals surface area contributed by atoms with E-state index in [9.17, 15) is 14.4 Å². The van der Waals surface area contributed by atoms with Crippen LogP contribution in [0.3, 0.4) is 0 Å². The lowest BCUT2D eigenvalue weighted by Crippen LogP contribution is -2.30. The molecule has 0 bridgehead atoms. The quantitative estimate of drug-likeness (QED) is 0.0261. The third-order valence-corrected chi connectivity index (χ3v) is 15.1. The lowest BCUT2D eigenvalue weighted by Gasteiger charge is -2.18. The van der Waals surface area contributed by atoms with Gasteiger partial charge in [0.1, 0.15) is 13.2 Å². The second-order valence-electron chi connectivity index (χ2n) is 23.1. The van der Waals surface area contributed by atoms with Crippen molar-refractivity contribution in [2.45, 2.75) is 348 Å². The molecule has 0 aliphatic heterocycles. The van der Waals surface area contributed by atoms with Gasteiger partial charge in [-0.1, -0.05) is 317 Å². The van der Waals surface area contributed by atoms with E-state index >= 15 is 0 Å². The predicted octanol–water partition coefficient (Wildman–Crippen LogP) is 24.0. The Balaban J connectivity index is 4.03. The molecule has 6 nitrogen and oxygen atoms in total. The summed E-state index contributed by atoms with van der Waals surface area (Å²) in [4.78, 5) is 38.1. The zero-order valence-electron chi connectivity index (χ0n) is 53.5. The van der Waals surface area contributed by atoms with Crippen LogP contribution in [-0.4, -0.2) is 37.2 Å². The largest absolute Gasteiger partial charge is 0.462 e. The van der Waals surface area contributed by atoms with Crippen LogP contribution in [0.4, 0.5) is 0 Å². The van der Waals surface area contributed by atoms with Crippen molar-refractivity contribution in [1.29, 1.82) is 0 Å². The number of carbonyl (C=O) groups excluding carboxylic acids is 3. The van der Waals surface area contributed by atoms with Gasteiger partial charge in [-0.15, -0.1) is 0 Å². The molecule has 466 valence electrons. The third kappa shape index (κ3) is 67.0. The van der Waals surface area contributed by atoms with Gasteiger partial charge in [-0.3, -0.25) is 14.4 Å². The summed E-state index contributed by atoms with van der Waals surface area (Å²) in [6.07, 6.45) is 93.2. The highest BCUT2D eigenvalue weighted by atomic mass is 16.6. The lowest BCUT2D eigenvalue weighted by molar-refractivity contribution is -0.167. The molecular weight excluding hydrogens is 997 g/mol. The maximum atomic E-state index is 12.9. The molecule has 0 radical (unpaired) electrons. The standard InChI is InChI=1S/C75H130O6/c1-4-7-10-13-16-18-20-22-24-26-28-30-31-32-33-34-35-36-37-38-39-40-41-42-43-45-46-48-50-52-54-56-59-62-65-68-74(77)80-71-72(70-79-73(76)67-64-61-58-15-12-9-6-3)81-75(78)69-66-63-60-57-55-53-51-49-47-44-29-27-25-23-21-19-17-14-11-8-5-2/h7,10,16,18,21-24,27-30,32-33,47,49,72H,4-6,8-9,11-15,17,19-20,25-26,31,34-46,48,50-71H2,1-3H3/b10-7-,18-16-,23-21-,24-22-,29-27-,30-28-,33-32-,49-47-. The molecular formula is C75H130O6. The number of unbranched alkanes of at least 4 members (excludes halogenated alkanes) is 36. The number of carbonyl (C=O) groups is 3. The van der Waals surface area contributed by atoms with Crippen molar-refractivity contribution in [2.24, 2.45) is 0 Å². The summed E-state index contributed by atoms with van der Waals surface area (Å²) in [5.74, 6) is -0.883. The number of hydrogen-bond acceptors (Lipinski definition) is 6. The normalized spacial score (nSPS) is 12.7. The predicted molar refractivity (Wildman–Crippen MR) is 353 cm³/mol. The molecule has 0 saturated carbocycles. The number of esters is 3. The Morgan fingerprint density at radius 2 is 0.481 bits per heavy atom. The van der Waals surface area contributed by atoms with Gasteiger partial charge >= 0.3 is 17.9 Å². The van der Waals surface area contributed by atoms with E-state index in [1.807, 2.05) is 0 Å². The number of hydrogen-bond donors (Lipinski definition) is 0.